The summed E-state index contributed by atoms with van der Waals surface area (Å²) in [5, 5.41) is 5.67. The van der Waals surface area contributed by atoms with Crippen LogP contribution in [0.1, 0.15) is 36.7 Å². The number of anilines is 1. The van der Waals surface area contributed by atoms with Crippen LogP contribution in [0.15, 0.2) is 78.7 Å². The van der Waals surface area contributed by atoms with Crippen molar-refractivity contribution in [3.8, 4) is 0 Å². The molecule has 1 heterocycles. The lowest BCUT2D eigenvalue weighted by Gasteiger charge is -2.34. The number of allylic oxidation sites excluding steroid dienone is 1. The highest BCUT2D eigenvalue weighted by Crippen LogP contribution is 2.34. The first-order chi connectivity index (χ1) is 18.9. The largest absolute Gasteiger partial charge is 0.361 e. The number of aromatic amines is 1. The zero-order chi connectivity index (χ0) is 30.4. The number of rotatable bonds is 7. The maximum atomic E-state index is 16.6. The number of benzene rings is 2. The monoisotopic (exact) mass is 602 g/mol. The van der Waals surface area contributed by atoms with Crippen LogP contribution in [-0.2, 0) is 30.3 Å². The van der Waals surface area contributed by atoms with Gasteiger partial charge in [-0.3, -0.25) is 9.59 Å². The van der Waals surface area contributed by atoms with Crippen molar-refractivity contribution in [3.05, 3.63) is 89.8 Å². The number of aromatic nitrogens is 1. The van der Waals surface area contributed by atoms with E-state index in [1.54, 1.807) is 36.5 Å². The van der Waals surface area contributed by atoms with E-state index in [1.807, 2.05) is 26.8 Å². The number of carbonyl (C=O) groups excluding carboxylic acids is 2. The molecule has 2 amide bonds. The van der Waals surface area contributed by atoms with Gasteiger partial charge in [0.05, 0.1) is 18.2 Å². The molecular formula is C28H31FN4O6S2. The highest BCUT2D eigenvalue weighted by Gasteiger charge is 2.46. The third-order valence-electron chi connectivity index (χ3n) is 6.52. The molecule has 3 aromatic rings. The first-order valence-electron chi connectivity index (χ1n) is 12.5. The number of carbonyl (C=O) groups is 2. The molecule has 0 radical (unpaired) electrons. The summed E-state index contributed by atoms with van der Waals surface area (Å²) in [5.41, 5.74) is 1.43. The summed E-state index contributed by atoms with van der Waals surface area (Å²) in [5.74, 6) is -6.48. The molecule has 2 aromatic carbocycles. The number of alkyl halides is 1. The molecule has 4 rings (SSSR count). The molecule has 1 aliphatic carbocycles. The van der Waals surface area contributed by atoms with Crippen LogP contribution in [0, 0.1) is 5.92 Å². The maximum Gasteiger partial charge on any atom is 0.253 e. The van der Waals surface area contributed by atoms with Crippen molar-refractivity contribution in [2.75, 3.05) is 17.8 Å². The molecule has 10 nitrogen and oxygen atoms in total. The van der Waals surface area contributed by atoms with Crippen molar-refractivity contribution in [1.82, 2.24) is 14.0 Å². The molecule has 0 spiro atoms. The van der Waals surface area contributed by atoms with Gasteiger partial charge in [-0.25, -0.2) is 21.2 Å². The van der Waals surface area contributed by atoms with Crippen molar-refractivity contribution in [2.45, 2.75) is 32.0 Å². The Bertz CT molecular complexity index is 1760. The van der Waals surface area contributed by atoms with Crippen molar-refractivity contribution in [2.24, 2.45) is 5.92 Å². The number of hydrogen-bond donors (Lipinski definition) is 3. The van der Waals surface area contributed by atoms with E-state index in [4.69, 9.17) is 0 Å². The minimum Gasteiger partial charge on any atom is -0.361 e. The summed E-state index contributed by atoms with van der Waals surface area (Å²) in [4.78, 5) is 29.6. The zero-order valence-electron chi connectivity index (χ0n) is 23.1. The number of H-pyrrole nitrogens is 1. The Morgan fingerprint density at radius 1 is 0.976 bits per heavy atom. The molecule has 1 aromatic heterocycles. The van der Waals surface area contributed by atoms with Crippen LogP contribution in [0.4, 0.5) is 10.1 Å². The summed E-state index contributed by atoms with van der Waals surface area (Å²) >= 11 is 0. The van der Waals surface area contributed by atoms with E-state index in [0.29, 0.717) is 23.7 Å². The van der Waals surface area contributed by atoms with E-state index >= 15 is 4.39 Å². The first-order valence-corrected chi connectivity index (χ1v) is 16.2. The maximum absolute atomic E-state index is 16.6. The van der Waals surface area contributed by atoms with Gasteiger partial charge in [0.15, 0.2) is 0 Å². The van der Waals surface area contributed by atoms with Gasteiger partial charge in [-0.05, 0) is 64.9 Å². The van der Waals surface area contributed by atoms with E-state index < -0.39 is 49.3 Å². The molecule has 41 heavy (non-hydrogen) atoms. The third kappa shape index (κ3) is 6.51. The molecule has 0 aliphatic heterocycles. The topological polar surface area (TPSA) is 146 Å². The first kappa shape index (κ1) is 30.0. The molecule has 0 saturated carbocycles. The lowest BCUT2D eigenvalue weighted by atomic mass is 9.86. The summed E-state index contributed by atoms with van der Waals surface area (Å²) < 4.78 is 66.2. The Morgan fingerprint density at radius 2 is 1.61 bits per heavy atom. The van der Waals surface area contributed by atoms with Gasteiger partial charge < -0.3 is 15.6 Å². The van der Waals surface area contributed by atoms with E-state index in [1.165, 1.54) is 12.1 Å². The summed E-state index contributed by atoms with van der Waals surface area (Å²) in [6, 6.07) is 13.3. The number of amides is 2. The van der Waals surface area contributed by atoms with Crippen LogP contribution in [0.25, 0.3) is 10.9 Å². The Balaban J connectivity index is 1.72. The second-order valence-electron chi connectivity index (χ2n) is 10.9. The summed E-state index contributed by atoms with van der Waals surface area (Å²) in [6.45, 7) is 6.01. The van der Waals surface area contributed by atoms with Crippen molar-refractivity contribution in [1.29, 1.82) is 0 Å². The van der Waals surface area contributed by atoms with Crippen LogP contribution in [0.3, 0.4) is 0 Å². The fourth-order valence-corrected chi connectivity index (χ4v) is 7.48. The Morgan fingerprint density at radius 3 is 2.20 bits per heavy atom. The molecule has 3 N–H and O–H groups in total. The van der Waals surface area contributed by atoms with Crippen LogP contribution < -0.4 is 10.6 Å². The van der Waals surface area contributed by atoms with Crippen LogP contribution in [0.5, 0.6) is 0 Å². The quantitative estimate of drug-likeness (QED) is 0.351. The van der Waals surface area contributed by atoms with Gasteiger partial charge >= 0.3 is 0 Å². The fraction of sp³-hybridized carbons (Fsp3) is 0.286. The van der Waals surface area contributed by atoms with Gasteiger partial charge in [0.2, 0.25) is 31.7 Å². The van der Waals surface area contributed by atoms with Gasteiger partial charge in [0.1, 0.15) is 5.92 Å². The van der Waals surface area contributed by atoms with E-state index in [9.17, 15) is 26.4 Å². The molecule has 0 bridgehead atoms. The van der Waals surface area contributed by atoms with Gasteiger partial charge in [0, 0.05) is 23.0 Å². The van der Waals surface area contributed by atoms with Crippen molar-refractivity contribution < 1.29 is 30.8 Å². The summed E-state index contributed by atoms with van der Waals surface area (Å²) in [6.07, 6.45) is 5.59. The lowest BCUT2D eigenvalue weighted by molar-refractivity contribution is -0.122. The van der Waals surface area contributed by atoms with Crippen LogP contribution in [0.2, 0.25) is 0 Å². The van der Waals surface area contributed by atoms with E-state index in [2.05, 4.69) is 15.6 Å². The van der Waals surface area contributed by atoms with Crippen molar-refractivity contribution in [3.63, 3.8) is 0 Å². The fourth-order valence-electron chi connectivity index (χ4n) is 4.51. The molecule has 13 heteroatoms. The number of nitrogens with one attached hydrogen (secondary N) is 3. The smallest absolute Gasteiger partial charge is 0.253 e. The normalized spacial score (nSPS) is 19.5. The number of hydrogen-bond acceptors (Lipinski definition) is 6. The lowest BCUT2D eigenvalue weighted by Crippen LogP contribution is -2.53. The van der Waals surface area contributed by atoms with Gasteiger partial charge in [0.25, 0.3) is 5.91 Å². The predicted molar refractivity (Wildman–Crippen MR) is 156 cm³/mol. The van der Waals surface area contributed by atoms with Crippen LogP contribution in [-0.4, -0.2) is 55.6 Å². The molecule has 0 saturated heterocycles. The number of sulfonamides is 2. The predicted octanol–water partition coefficient (Wildman–Crippen LogP) is 3.79. The molecular weight excluding hydrogens is 571 g/mol. The second-order valence-corrected chi connectivity index (χ2v) is 14.8. The summed E-state index contributed by atoms with van der Waals surface area (Å²) in [7, 11) is -8.78. The standard InChI is InChI=1S/C28H31FN4O6S2/c1-27(2,3)20-9-6-19(7-10-20)25(34)32-28(29)14-12-22(33(40(4,36)37)41(5,38)39)17-23(28)26(35)31-21-11-8-18-13-15-30-24(18)16-21/h6-17,23,30H,1-5H3,(H,31,35)(H,32,34). The second kappa shape index (κ2) is 10.5. The minimum absolute atomic E-state index is 0.106. The van der Waals surface area contributed by atoms with E-state index in [0.717, 1.165) is 29.2 Å². The number of fused-ring (bicyclic) bond motifs is 1. The molecule has 1 aliphatic rings. The Kier molecular flexibility index (Phi) is 7.65. The molecule has 0 fully saturated rings. The number of nitrogens with zero attached hydrogens (tertiary/aromatic N) is 1. The van der Waals surface area contributed by atoms with E-state index in [-0.39, 0.29) is 14.7 Å². The van der Waals surface area contributed by atoms with Gasteiger partial charge in [-0.15, -0.1) is 0 Å². The van der Waals surface area contributed by atoms with Crippen molar-refractivity contribution >= 4 is 48.5 Å². The van der Waals surface area contributed by atoms with Crippen LogP contribution >= 0.6 is 0 Å². The SMILES string of the molecule is CC(C)(C)c1ccc(C(=O)NC2(F)C=CC(N(S(C)(=O)=O)S(C)(=O)=O)=CC2C(=O)Nc2ccc3cc[nH]c3c2)cc1. The van der Waals surface area contributed by atoms with Gasteiger partial charge in [-0.2, -0.15) is 3.71 Å². The minimum atomic E-state index is -4.39. The molecule has 218 valence electrons. The molecule has 2 unspecified atom stereocenters. The molecule has 2 atom stereocenters. The Labute approximate surface area is 238 Å². The zero-order valence-corrected chi connectivity index (χ0v) is 24.7. The van der Waals surface area contributed by atoms with Gasteiger partial charge in [-0.1, -0.05) is 39.0 Å². The average Bonchev–Trinajstić information content (AvgIpc) is 3.31. The highest BCUT2D eigenvalue weighted by atomic mass is 32.3. The highest BCUT2D eigenvalue weighted by molar-refractivity contribution is 8.03. The third-order valence-corrected chi connectivity index (χ3v) is 9.77. The average molecular weight is 603 g/mol. The Hall–Kier alpha value is -3.97. The number of halogens is 1.